The Bertz CT molecular complexity index is 412. The molecule has 1 aromatic rings. The topological polar surface area (TPSA) is 65.5 Å². The first kappa shape index (κ1) is 11.9. The van der Waals surface area contributed by atoms with Gasteiger partial charge in [0.15, 0.2) is 0 Å². The summed E-state index contributed by atoms with van der Waals surface area (Å²) in [6, 6.07) is 2.47. The van der Waals surface area contributed by atoms with Gasteiger partial charge in [-0.25, -0.2) is 4.79 Å². The second-order valence-electron chi connectivity index (χ2n) is 4.61. The molecular weight excluding hydrogens is 218 g/mol. The minimum atomic E-state index is -0.935. The quantitative estimate of drug-likeness (QED) is 0.799. The molecule has 1 saturated heterocycles. The van der Waals surface area contributed by atoms with Crippen molar-refractivity contribution in [2.45, 2.75) is 25.9 Å². The van der Waals surface area contributed by atoms with Crippen LogP contribution in [0.4, 0.5) is 5.69 Å². The molecule has 1 fully saturated rings. The molecule has 0 bridgehead atoms. The van der Waals surface area contributed by atoms with E-state index in [2.05, 4.69) is 29.0 Å². The number of aromatic nitrogens is 1. The molecule has 5 heteroatoms. The molecule has 1 aliphatic heterocycles. The molecule has 5 nitrogen and oxygen atoms in total. The highest BCUT2D eigenvalue weighted by atomic mass is 16.4. The van der Waals surface area contributed by atoms with Gasteiger partial charge in [-0.1, -0.05) is 0 Å². The number of pyridine rings is 1. The van der Waals surface area contributed by atoms with E-state index in [1.165, 1.54) is 6.20 Å². The number of hydrogen-bond acceptors (Lipinski definition) is 4. The molecule has 2 N–H and O–H groups in total. The third-order valence-electron chi connectivity index (χ3n) is 2.89. The monoisotopic (exact) mass is 235 g/mol. The zero-order valence-corrected chi connectivity index (χ0v) is 10.1. The molecule has 0 amide bonds. The van der Waals surface area contributed by atoms with Gasteiger partial charge in [0.2, 0.25) is 0 Å². The van der Waals surface area contributed by atoms with Crippen LogP contribution in [-0.2, 0) is 0 Å². The number of carboxylic acids is 1. The largest absolute Gasteiger partial charge is 0.478 e. The van der Waals surface area contributed by atoms with E-state index in [9.17, 15) is 4.79 Å². The van der Waals surface area contributed by atoms with Crippen molar-refractivity contribution < 1.29 is 9.90 Å². The van der Waals surface area contributed by atoms with Gasteiger partial charge in [-0.3, -0.25) is 4.98 Å². The Labute approximate surface area is 100 Å². The molecule has 0 unspecified atom stereocenters. The zero-order chi connectivity index (χ0) is 12.4. The summed E-state index contributed by atoms with van der Waals surface area (Å²) in [4.78, 5) is 17.1. The second-order valence-corrected chi connectivity index (χ2v) is 4.61. The van der Waals surface area contributed by atoms with Gasteiger partial charge < -0.3 is 15.3 Å². The zero-order valence-electron chi connectivity index (χ0n) is 10.1. The van der Waals surface area contributed by atoms with Crippen LogP contribution in [0.15, 0.2) is 18.5 Å². The highest BCUT2D eigenvalue weighted by Crippen LogP contribution is 2.17. The van der Waals surface area contributed by atoms with Gasteiger partial charge in [0.05, 0.1) is 17.4 Å². The minimum Gasteiger partial charge on any atom is -0.478 e. The molecule has 92 valence electrons. The molecule has 2 rings (SSSR count). The van der Waals surface area contributed by atoms with E-state index in [1.807, 2.05) is 0 Å². The summed E-state index contributed by atoms with van der Waals surface area (Å²) in [6.45, 7) is 5.98. The van der Waals surface area contributed by atoms with Crippen LogP contribution in [0.3, 0.4) is 0 Å². The summed E-state index contributed by atoms with van der Waals surface area (Å²) < 4.78 is 0. The van der Waals surface area contributed by atoms with Gasteiger partial charge in [-0.15, -0.1) is 0 Å². The lowest BCUT2D eigenvalue weighted by Gasteiger charge is -2.37. The van der Waals surface area contributed by atoms with Crippen molar-refractivity contribution in [1.29, 1.82) is 0 Å². The number of carboxylic acid groups (broad SMARTS) is 1. The van der Waals surface area contributed by atoms with E-state index < -0.39 is 5.97 Å². The molecule has 0 spiro atoms. The summed E-state index contributed by atoms with van der Waals surface area (Å²) in [5.41, 5.74) is 1.12. The lowest BCUT2D eigenvalue weighted by Crippen LogP contribution is -2.54. The highest BCUT2D eigenvalue weighted by Gasteiger charge is 2.21. The molecule has 2 atom stereocenters. The van der Waals surface area contributed by atoms with Gasteiger partial charge in [-0.05, 0) is 19.9 Å². The molecule has 1 aliphatic rings. The van der Waals surface area contributed by atoms with Crippen molar-refractivity contribution in [2.75, 3.05) is 18.0 Å². The number of aromatic carboxylic acids is 1. The van der Waals surface area contributed by atoms with Crippen LogP contribution in [0.2, 0.25) is 0 Å². The van der Waals surface area contributed by atoms with Crippen LogP contribution in [-0.4, -0.2) is 41.2 Å². The Balaban J connectivity index is 2.21. The fourth-order valence-corrected chi connectivity index (χ4v) is 2.26. The van der Waals surface area contributed by atoms with Gasteiger partial charge in [0.25, 0.3) is 0 Å². The number of hydrogen-bond donors (Lipinski definition) is 2. The average molecular weight is 235 g/mol. The Kier molecular flexibility index (Phi) is 3.28. The van der Waals surface area contributed by atoms with E-state index in [0.29, 0.717) is 12.1 Å². The Morgan fingerprint density at radius 3 is 2.65 bits per heavy atom. The second kappa shape index (κ2) is 4.71. The van der Waals surface area contributed by atoms with Crippen LogP contribution < -0.4 is 10.2 Å². The predicted molar refractivity (Wildman–Crippen MR) is 65.5 cm³/mol. The Hall–Kier alpha value is -1.62. The first-order chi connectivity index (χ1) is 8.06. The van der Waals surface area contributed by atoms with Gasteiger partial charge in [-0.2, -0.15) is 0 Å². The third-order valence-corrected chi connectivity index (χ3v) is 2.89. The van der Waals surface area contributed by atoms with E-state index in [1.54, 1.807) is 12.3 Å². The summed E-state index contributed by atoms with van der Waals surface area (Å²) in [7, 11) is 0. The van der Waals surface area contributed by atoms with Gasteiger partial charge in [0, 0.05) is 31.4 Å². The predicted octanol–water partition coefficient (Wildman–Crippen LogP) is 0.966. The SMILES string of the molecule is C[C@@H]1CN(c2cncc(C(=O)O)c2)C[C@H](C)N1. The maximum Gasteiger partial charge on any atom is 0.337 e. The number of anilines is 1. The van der Waals surface area contributed by atoms with Crippen LogP contribution >= 0.6 is 0 Å². The standard InChI is InChI=1S/C12H17N3O2/c1-8-6-15(7-9(2)14-8)11-3-10(12(16)17)4-13-5-11/h3-5,8-9,14H,6-7H2,1-2H3,(H,16,17)/t8-,9+. The molecule has 0 aliphatic carbocycles. The van der Waals surface area contributed by atoms with Crippen molar-refractivity contribution in [3.63, 3.8) is 0 Å². The molecule has 0 saturated carbocycles. The number of carbonyl (C=O) groups is 1. The number of nitrogens with zero attached hydrogens (tertiary/aromatic N) is 2. The first-order valence-electron chi connectivity index (χ1n) is 5.75. The maximum absolute atomic E-state index is 10.9. The lowest BCUT2D eigenvalue weighted by atomic mass is 10.1. The van der Waals surface area contributed by atoms with E-state index in [0.717, 1.165) is 18.8 Å². The normalized spacial score (nSPS) is 24.7. The van der Waals surface area contributed by atoms with E-state index >= 15 is 0 Å². The molecule has 1 aromatic heterocycles. The van der Waals surface area contributed by atoms with E-state index in [-0.39, 0.29) is 5.56 Å². The molecule has 0 radical (unpaired) electrons. The number of nitrogens with one attached hydrogen (secondary N) is 1. The molecule has 2 heterocycles. The highest BCUT2D eigenvalue weighted by molar-refractivity contribution is 5.88. The van der Waals surface area contributed by atoms with Crippen LogP contribution in [0.1, 0.15) is 24.2 Å². The summed E-state index contributed by atoms with van der Waals surface area (Å²) in [5.74, 6) is -0.935. The van der Waals surface area contributed by atoms with Gasteiger partial charge >= 0.3 is 5.97 Å². The van der Waals surface area contributed by atoms with Crippen molar-refractivity contribution in [1.82, 2.24) is 10.3 Å². The lowest BCUT2D eigenvalue weighted by molar-refractivity contribution is 0.0696. The Morgan fingerprint density at radius 2 is 2.06 bits per heavy atom. The summed E-state index contributed by atoms with van der Waals surface area (Å²) in [5, 5.41) is 12.4. The number of piperazine rings is 1. The fourth-order valence-electron chi connectivity index (χ4n) is 2.26. The van der Waals surface area contributed by atoms with Crippen molar-refractivity contribution in [2.24, 2.45) is 0 Å². The molecule has 0 aromatic carbocycles. The smallest absolute Gasteiger partial charge is 0.337 e. The minimum absolute atomic E-state index is 0.237. The third kappa shape index (κ3) is 2.74. The number of rotatable bonds is 2. The van der Waals surface area contributed by atoms with Gasteiger partial charge in [0.1, 0.15) is 0 Å². The molecule has 17 heavy (non-hydrogen) atoms. The van der Waals surface area contributed by atoms with Crippen LogP contribution in [0, 0.1) is 0 Å². The van der Waals surface area contributed by atoms with Crippen LogP contribution in [0.5, 0.6) is 0 Å². The van der Waals surface area contributed by atoms with Crippen molar-refractivity contribution >= 4 is 11.7 Å². The first-order valence-corrected chi connectivity index (χ1v) is 5.75. The van der Waals surface area contributed by atoms with Crippen molar-refractivity contribution in [3.8, 4) is 0 Å². The maximum atomic E-state index is 10.9. The van der Waals surface area contributed by atoms with E-state index in [4.69, 9.17) is 5.11 Å². The molecular formula is C12H17N3O2. The van der Waals surface area contributed by atoms with Crippen molar-refractivity contribution in [3.05, 3.63) is 24.0 Å². The summed E-state index contributed by atoms with van der Waals surface area (Å²) in [6.07, 6.45) is 3.10. The fraction of sp³-hybridized carbons (Fsp3) is 0.500. The Morgan fingerprint density at radius 1 is 1.41 bits per heavy atom. The average Bonchev–Trinajstić information content (AvgIpc) is 2.28. The van der Waals surface area contributed by atoms with Crippen LogP contribution in [0.25, 0.3) is 0 Å². The summed E-state index contributed by atoms with van der Waals surface area (Å²) >= 11 is 0.